The second kappa shape index (κ2) is 8.99. The van der Waals surface area contributed by atoms with Crippen LogP contribution in [0.5, 0.6) is 0 Å². The third kappa shape index (κ3) is 6.29. The van der Waals surface area contributed by atoms with Gasteiger partial charge in [-0.25, -0.2) is 0 Å². The summed E-state index contributed by atoms with van der Waals surface area (Å²) in [4.78, 5) is 11.2. The van der Waals surface area contributed by atoms with Gasteiger partial charge in [0.05, 0.1) is 0 Å². The van der Waals surface area contributed by atoms with E-state index in [0.717, 1.165) is 6.42 Å². The Hall–Kier alpha value is -0.0451. The third-order valence-electron chi connectivity index (χ3n) is 3.56. The van der Waals surface area contributed by atoms with Crippen LogP contribution in [0.15, 0.2) is 0 Å². The lowest BCUT2D eigenvalue weighted by molar-refractivity contribution is -0.146. The maximum Gasteiger partial charge on any atom is 0.451 e. The van der Waals surface area contributed by atoms with E-state index in [1.807, 2.05) is 0 Å². The molecule has 0 aliphatic heterocycles. The lowest BCUT2D eigenvalue weighted by Gasteiger charge is -2.39. The summed E-state index contributed by atoms with van der Waals surface area (Å²) in [6.45, 7) is 0.421. The fourth-order valence-electron chi connectivity index (χ4n) is 2.71. The van der Waals surface area contributed by atoms with E-state index in [4.69, 9.17) is 26.6 Å². The van der Waals surface area contributed by atoms with Crippen LogP contribution in [-0.2, 0) is 4.79 Å². The summed E-state index contributed by atoms with van der Waals surface area (Å²) in [6.07, 6.45) is 2.41. The molecular formula is C10H23BCl2N2O4. The number of halogens is 2. The first-order chi connectivity index (χ1) is 7.87. The van der Waals surface area contributed by atoms with Crippen molar-refractivity contribution in [2.45, 2.75) is 37.5 Å². The molecule has 1 rings (SSSR count). The Morgan fingerprint density at radius 3 is 2.21 bits per heavy atom. The van der Waals surface area contributed by atoms with Gasteiger partial charge in [-0.15, -0.1) is 24.8 Å². The number of rotatable bonds is 5. The molecule has 0 aromatic carbocycles. The van der Waals surface area contributed by atoms with E-state index >= 15 is 0 Å². The molecule has 6 nitrogen and oxygen atoms in total. The van der Waals surface area contributed by atoms with Crippen LogP contribution in [0.1, 0.15) is 25.7 Å². The molecular weight excluding hydrogens is 294 g/mol. The van der Waals surface area contributed by atoms with Gasteiger partial charge in [0.15, 0.2) is 0 Å². The minimum atomic E-state index is -1.34. The Labute approximate surface area is 125 Å². The molecule has 9 heteroatoms. The normalized spacial score (nSPS) is 29.9. The number of carbonyl (C=O) groups is 1. The molecule has 0 aromatic heterocycles. The second-order valence-electron chi connectivity index (χ2n) is 5.13. The van der Waals surface area contributed by atoms with Crippen LogP contribution in [0.25, 0.3) is 0 Å². The molecule has 1 fully saturated rings. The first kappa shape index (κ1) is 21.3. The van der Waals surface area contributed by atoms with Crippen molar-refractivity contribution in [1.82, 2.24) is 0 Å². The molecule has 0 bridgehead atoms. The average Bonchev–Trinajstić information content (AvgIpc) is 2.25. The van der Waals surface area contributed by atoms with Gasteiger partial charge >= 0.3 is 13.1 Å². The van der Waals surface area contributed by atoms with E-state index in [0.29, 0.717) is 25.8 Å². The van der Waals surface area contributed by atoms with E-state index in [2.05, 4.69) is 0 Å². The van der Waals surface area contributed by atoms with Gasteiger partial charge in [-0.2, -0.15) is 0 Å². The van der Waals surface area contributed by atoms with Gasteiger partial charge in [0, 0.05) is 0 Å². The predicted molar refractivity (Wildman–Crippen MR) is 78.6 cm³/mol. The van der Waals surface area contributed by atoms with Crippen LogP contribution in [0.4, 0.5) is 0 Å². The zero-order chi connectivity index (χ0) is 13.1. The molecule has 0 spiro atoms. The fraction of sp³-hybridized carbons (Fsp3) is 0.900. The van der Waals surface area contributed by atoms with Gasteiger partial charge in [0.1, 0.15) is 5.54 Å². The molecule has 1 unspecified atom stereocenters. The van der Waals surface area contributed by atoms with Gasteiger partial charge in [-0.1, -0.05) is 6.42 Å². The molecule has 0 radical (unpaired) electrons. The number of aliphatic carboxylic acids is 1. The van der Waals surface area contributed by atoms with E-state index in [9.17, 15) is 4.79 Å². The third-order valence-corrected chi connectivity index (χ3v) is 3.56. The summed E-state index contributed by atoms with van der Waals surface area (Å²) >= 11 is 0. The Morgan fingerprint density at radius 1 is 1.26 bits per heavy atom. The largest absolute Gasteiger partial charge is 0.480 e. The quantitative estimate of drug-likeness (QED) is 0.448. The molecule has 0 heterocycles. The minimum Gasteiger partial charge on any atom is -0.480 e. The van der Waals surface area contributed by atoms with E-state index in [1.54, 1.807) is 0 Å². The van der Waals surface area contributed by atoms with E-state index in [-0.39, 0.29) is 43.0 Å². The number of hydrogen-bond donors (Lipinski definition) is 5. The highest BCUT2D eigenvalue weighted by atomic mass is 35.5. The van der Waals surface area contributed by atoms with Crippen LogP contribution in [0, 0.1) is 11.8 Å². The summed E-state index contributed by atoms with van der Waals surface area (Å²) in [6, 6.07) is 0. The van der Waals surface area contributed by atoms with Crippen molar-refractivity contribution in [2.75, 3.05) is 6.54 Å². The molecule has 1 saturated carbocycles. The molecule has 114 valence electrons. The molecule has 1 aliphatic rings. The maximum absolute atomic E-state index is 11.2. The first-order valence-electron chi connectivity index (χ1n) is 5.96. The summed E-state index contributed by atoms with van der Waals surface area (Å²) in [7, 11) is -1.34. The van der Waals surface area contributed by atoms with Crippen molar-refractivity contribution in [2.24, 2.45) is 23.3 Å². The topological polar surface area (TPSA) is 130 Å². The van der Waals surface area contributed by atoms with Crippen LogP contribution >= 0.6 is 24.8 Å². The molecule has 1 aliphatic carbocycles. The smallest absolute Gasteiger partial charge is 0.451 e. The van der Waals surface area contributed by atoms with Crippen molar-refractivity contribution in [3.05, 3.63) is 0 Å². The van der Waals surface area contributed by atoms with Crippen molar-refractivity contribution >= 4 is 37.9 Å². The van der Waals surface area contributed by atoms with Crippen LogP contribution in [0.3, 0.4) is 0 Å². The van der Waals surface area contributed by atoms with Crippen LogP contribution in [0.2, 0.25) is 6.32 Å². The number of hydrogen-bond acceptors (Lipinski definition) is 5. The monoisotopic (exact) mass is 316 g/mol. The number of nitrogens with two attached hydrogens (primary N) is 2. The first-order valence-corrected chi connectivity index (χ1v) is 5.96. The maximum atomic E-state index is 11.2. The standard InChI is InChI=1S/C10H21BN2O4.2ClH/c12-6-8-3-7(1-2-11(16)17)4-10(13,5-8)9(14)15;;/h7-8,16-17H,1-6,12-13H2,(H,14,15);2*1H/t7-,8-,10?;;/m1../s1. The SMILES string of the molecule is Cl.Cl.NC[C@@H]1C[C@@H](CCB(O)O)CC(N)(C(=O)O)C1. The van der Waals surface area contributed by atoms with Crippen molar-refractivity contribution in [3.63, 3.8) is 0 Å². The molecule has 3 atom stereocenters. The number of carboxylic acids is 1. The summed E-state index contributed by atoms with van der Waals surface area (Å²) in [5.74, 6) is -0.795. The highest BCUT2D eigenvalue weighted by Crippen LogP contribution is 2.37. The Balaban J connectivity index is 0. The zero-order valence-electron chi connectivity index (χ0n) is 10.7. The molecule has 19 heavy (non-hydrogen) atoms. The molecule has 0 amide bonds. The van der Waals surface area contributed by atoms with Crippen molar-refractivity contribution in [1.29, 1.82) is 0 Å². The van der Waals surface area contributed by atoms with Gasteiger partial charge in [0.25, 0.3) is 0 Å². The van der Waals surface area contributed by atoms with Crippen LogP contribution in [-0.4, -0.2) is 40.3 Å². The van der Waals surface area contributed by atoms with E-state index < -0.39 is 18.6 Å². The highest BCUT2D eigenvalue weighted by molar-refractivity contribution is 6.40. The molecule has 7 N–H and O–H groups in total. The van der Waals surface area contributed by atoms with Crippen molar-refractivity contribution in [3.8, 4) is 0 Å². The average molecular weight is 317 g/mol. The fourth-order valence-corrected chi connectivity index (χ4v) is 2.71. The summed E-state index contributed by atoms with van der Waals surface area (Å²) in [5.41, 5.74) is 10.3. The highest BCUT2D eigenvalue weighted by Gasteiger charge is 2.42. The lowest BCUT2D eigenvalue weighted by Crippen LogP contribution is -2.54. The second-order valence-corrected chi connectivity index (χ2v) is 5.13. The van der Waals surface area contributed by atoms with Crippen LogP contribution < -0.4 is 11.5 Å². The zero-order valence-corrected chi connectivity index (χ0v) is 12.3. The van der Waals surface area contributed by atoms with Gasteiger partial charge in [-0.3, -0.25) is 4.79 Å². The van der Waals surface area contributed by atoms with Gasteiger partial charge in [0.2, 0.25) is 0 Å². The van der Waals surface area contributed by atoms with Crippen molar-refractivity contribution < 1.29 is 19.9 Å². The summed E-state index contributed by atoms with van der Waals surface area (Å²) < 4.78 is 0. The summed E-state index contributed by atoms with van der Waals surface area (Å²) in [5, 5.41) is 26.8. The minimum absolute atomic E-state index is 0. The molecule has 0 aromatic rings. The predicted octanol–water partition coefficient (Wildman–Crippen LogP) is -0.150. The Bertz CT molecular complexity index is 286. The van der Waals surface area contributed by atoms with E-state index in [1.165, 1.54) is 0 Å². The lowest BCUT2D eigenvalue weighted by atomic mass is 9.67. The number of carboxylic acid groups (broad SMARTS) is 1. The Kier molecular flexibility index (Phi) is 10.1. The van der Waals surface area contributed by atoms with Gasteiger partial charge in [-0.05, 0) is 44.0 Å². The molecule has 0 saturated heterocycles. The Morgan fingerprint density at radius 2 is 1.79 bits per heavy atom. The van der Waals surface area contributed by atoms with Gasteiger partial charge < -0.3 is 26.6 Å².